The van der Waals surface area contributed by atoms with Gasteiger partial charge in [-0.25, -0.2) is 0 Å². The van der Waals surface area contributed by atoms with Crippen molar-refractivity contribution in [3.05, 3.63) is 12.2 Å². The van der Waals surface area contributed by atoms with E-state index in [9.17, 15) is 0 Å². The van der Waals surface area contributed by atoms with Crippen LogP contribution >= 0.6 is 0 Å². The number of rotatable bonds is 4. The van der Waals surface area contributed by atoms with Gasteiger partial charge in [0.25, 0.3) is 0 Å². The molecule has 0 heterocycles. The fraction of sp³-hybridized carbons (Fsp3) is 0.833. The second-order valence-corrected chi connectivity index (χ2v) is 4.29. The fourth-order valence-corrected chi connectivity index (χ4v) is 1.93. The van der Waals surface area contributed by atoms with E-state index in [0.29, 0.717) is 18.2 Å². The summed E-state index contributed by atoms with van der Waals surface area (Å²) in [5.74, 6) is 0. The summed E-state index contributed by atoms with van der Waals surface area (Å²) in [5.41, 5.74) is 0. The molecule has 1 aliphatic rings. The number of hydrogen-bond donors (Lipinski definition) is 0. The summed E-state index contributed by atoms with van der Waals surface area (Å²) in [6.45, 7) is 7.49. The predicted molar refractivity (Wildman–Crippen MR) is 60.5 cm³/mol. The summed E-state index contributed by atoms with van der Waals surface area (Å²) >= 11 is 0. The number of hydrogen-bond acceptors (Lipinski definition) is 2. The Morgan fingerprint density at radius 2 is 2.21 bits per heavy atom. The summed E-state index contributed by atoms with van der Waals surface area (Å²) in [4.78, 5) is 2.35. The lowest BCUT2D eigenvalue weighted by Crippen LogP contribution is -2.43. The zero-order valence-corrected chi connectivity index (χ0v) is 9.86. The molecule has 82 valence electrons. The van der Waals surface area contributed by atoms with Crippen molar-refractivity contribution in [2.45, 2.75) is 51.9 Å². The number of likely N-dealkylation sites (N-methyl/N-ethyl adjacent to an activating group) is 1. The van der Waals surface area contributed by atoms with Crippen LogP contribution in [0, 0.1) is 0 Å². The average Bonchev–Trinajstić information content (AvgIpc) is 2.16. The number of nitrogens with zero attached hydrogens (tertiary/aromatic N) is 1. The third-order valence-corrected chi connectivity index (χ3v) is 2.79. The van der Waals surface area contributed by atoms with Crippen molar-refractivity contribution in [1.82, 2.24) is 4.90 Å². The molecule has 2 nitrogen and oxygen atoms in total. The van der Waals surface area contributed by atoms with Gasteiger partial charge in [-0.15, -0.1) is 0 Å². The van der Waals surface area contributed by atoms with E-state index in [1.165, 1.54) is 0 Å². The van der Waals surface area contributed by atoms with Gasteiger partial charge in [-0.2, -0.15) is 0 Å². The van der Waals surface area contributed by atoms with Gasteiger partial charge in [0.05, 0.1) is 18.2 Å². The molecule has 2 atom stereocenters. The molecule has 1 aliphatic carbocycles. The molecular formula is C12H23NO. The largest absolute Gasteiger partial charge is 0.374 e. The quantitative estimate of drug-likeness (QED) is 0.642. The minimum atomic E-state index is 0.333. The highest BCUT2D eigenvalue weighted by Crippen LogP contribution is 2.20. The van der Waals surface area contributed by atoms with Crippen LogP contribution in [0.4, 0.5) is 0 Å². The number of ether oxygens (including phenoxy) is 1. The summed E-state index contributed by atoms with van der Waals surface area (Å²) < 4.78 is 5.93. The normalized spacial score (nSPS) is 27.6. The molecule has 2 unspecified atom stereocenters. The van der Waals surface area contributed by atoms with Gasteiger partial charge >= 0.3 is 0 Å². The predicted octanol–water partition coefficient (Wildman–Crippen LogP) is 2.45. The van der Waals surface area contributed by atoms with Crippen LogP contribution in [0.15, 0.2) is 12.2 Å². The molecule has 0 spiro atoms. The van der Waals surface area contributed by atoms with Crippen molar-refractivity contribution in [2.75, 3.05) is 13.6 Å². The molecule has 0 aromatic rings. The van der Waals surface area contributed by atoms with E-state index in [-0.39, 0.29) is 0 Å². The maximum absolute atomic E-state index is 5.93. The Bertz CT molecular complexity index is 189. The Kier molecular flexibility index (Phi) is 4.63. The van der Waals surface area contributed by atoms with Crippen molar-refractivity contribution in [2.24, 2.45) is 0 Å². The van der Waals surface area contributed by atoms with Gasteiger partial charge in [0.15, 0.2) is 0 Å². The zero-order valence-electron chi connectivity index (χ0n) is 9.86. The highest BCUT2D eigenvalue weighted by atomic mass is 16.5. The molecule has 0 N–H and O–H groups in total. The molecule has 0 amide bonds. The Hall–Kier alpha value is -0.340. The first-order valence-corrected chi connectivity index (χ1v) is 5.67. The molecule has 0 saturated heterocycles. The highest BCUT2D eigenvalue weighted by molar-refractivity contribution is 5.03. The van der Waals surface area contributed by atoms with Crippen LogP contribution < -0.4 is 0 Å². The molecule has 0 fully saturated rings. The minimum absolute atomic E-state index is 0.333. The van der Waals surface area contributed by atoms with Crippen molar-refractivity contribution >= 4 is 0 Å². The fourth-order valence-electron chi connectivity index (χ4n) is 1.93. The Balaban J connectivity index is 2.58. The highest BCUT2D eigenvalue weighted by Gasteiger charge is 2.25. The molecule has 1 rings (SSSR count). The molecule has 0 aromatic heterocycles. The van der Waals surface area contributed by atoms with Gasteiger partial charge in [-0.05, 0) is 40.3 Å². The Morgan fingerprint density at radius 1 is 1.50 bits per heavy atom. The molecule has 0 bridgehead atoms. The second kappa shape index (κ2) is 5.52. The van der Waals surface area contributed by atoms with E-state index in [1.54, 1.807) is 0 Å². The summed E-state index contributed by atoms with van der Waals surface area (Å²) in [6.07, 6.45) is 7.59. The second-order valence-electron chi connectivity index (χ2n) is 4.29. The standard InChI is InChI=1S/C12H23NO/c1-5-13(4)11-8-6-7-9-12(11)14-10(2)3/h6,8,10-12H,5,7,9H2,1-4H3. The van der Waals surface area contributed by atoms with Crippen LogP contribution in [-0.4, -0.2) is 36.7 Å². The molecule has 0 aromatic carbocycles. The first-order valence-electron chi connectivity index (χ1n) is 5.67. The molecule has 14 heavy (non-hydrogen) atoms. The third-order valence-electron chi connectivity index (χ3n) is 2.79. The smallest absolute Gasteiger partial charge is 0.0772 e. The van der Waals surface area contributed by atoms with Crippen molar-refractivity contribution in [3.8, 4) is 0 Å². The first-order chi connectivity index (χ1) is 6.65. The van der Waals surface area contributed by atoms with Gasteiger partial charge in [0.2, 0.25) is 0 Å². The van der Waals surface area contributed by atoms with Crippen molar-refractivity contribution in [1.29, 1.82) is 0 Å². The number of allylic oxidation sites excluding steroid dienone is 1. The SMILES string of the molecule is CCN(C)C1C=CCCC1OC(C)C. The van der Waals surface area contributed by atoms with E-state index < -0.39 is 0 Å². The van der Waals surface area contributed by atoms with Crippen molar-refractivity contribution < 1.29 is 4.74 Å². The van der Waals surface area contributed by atoms with E-state index in [2.05, 4.69) is 44.9 Å². The maximum atomic E-state index is 5.93. The lowest BCUT2D eigenvalue weighted by atomic mass is 9.98. The van der Waals surface area contributed by atoms with Gasteiger partial charge in [0.1, 0.15) is 0 Å². The van der Waals surface area contributed by atoms with Crippen LogP contribution in [0.3, 0.4) is 0 Å². The van der Waals surface area contributed by atoms with Gasteiger partial charge in [-0.1, -0.05) is 19.1 Å². The van der Waals surface area contributed by atoms with Gasteiger partial charge in [-0.3, -0.25) is 4.90 Å². The lowest BCUT2D eigenvalue weighted by Gasteiger charge is -2.35. The molecular weight excluding hydrogens is 174 g/mol. The van der Waals surface area contributed by atoms with Crippen LogP contribution in [0.25, 0.3) is 0 Å². The van der Waals surface area contributed by atoms with E-state index >= 15 is 0 Å². The lowest BCUT2D eigenvalue weighted by molar-refractivity contribution is -0.0333. The van der Waals surface area contributed by atoms with E-state index in [4.69, 9.17) is 4.74 Å². The van der Waals surface area contributed by atoms with Crippen LogP contribution in [0.1, 0.15) is 33.6 Å². The molecule has 2 heteroatoms. The Morgan fingerprint density at radius 3 is 2.79 bits per heavy atom. The van der Waals surface area contributed by atoms with E-state index in [1.807, 2.05) is 0 Å². The zero-order chi connectivity index (χ0) is 10.6. The summed E-state index contributed by atoms with van der Waals surface area (Å²) in [5, 5.41) is 0. The third kappa shape index (κ3) is 3.10. The van der Waals surface area contributed by atoms with Crippen molar-refractivity contribution in [3.63, 3.8) is 0 Å². The molecule has 0 radical (unpaired) electrons. The molecule has 0 saturated carbocycles. The first kappa shape index (κ1) is 11.7. The monoisotopic (exact) mass is 197 g/mol. The Labute approximate surface area is 87.9 Å². The van der Waals surface area contributed by atoms with Gasteiger partial charge in [0, 0.05) is 0 Å². The maximum Gasteiger partial charge on any atom is 0.0772 e. The summed E-state index contributed by atoms with van der Waals surface area (Å²) in [6, 6.07) is 0.469. The average molecular weight is 197 g/mol. The van der Waals surface area contributed by atoms with Crippen LogP contribution in [-0.2, 0) is 4.74 Å². The van der Waals surface area contributed by atoms with Gasteiger partial charge < -0.3 is 4.74 Å². The van der Waals surface area contributed by atoms with Crippen LogP contribution in [0.2, 0.25) is 0 Å². The minimum Gasteiger partial charge on any atom is -0.374 e. The topological polar surface area (TPSA) is 12.5 Å². The van der Waals surface area contributed by atoms with Crippen LogP contribution in [0.5, 0.6) is 0 Å². The summed E-state index contributed by atoms with van der Waals surface area (Å²) in [7, 11) is 2.16. The molecule has 0 aliphatic heterocycles. The van der Waals surface area contributed by atoms with E-state index in [0.717, 1.165) is 19.4 Å².